The lowest BCUT2D eigenvalue weighted by molar-refractivity contribution is 0.0846. The fraction of sp³-hybridized carbons (Fsp3) is 0.0667. The van der Waals surface area contributed by atoms with Crippen LogP contribution < -0.4 is 10.2 Å². The topological polar surface area (TPSA) is 178 Å². The molecule has 10 nitrogen and oxygen atoms in total. The molecule has 0 spiro atoms. The zero-order chi connectivity index (χ0) is 28.3. The van der Waals surface area contributed by atoms with Gasteiger partial charge in [-0.25, -0.2) is 0 Å². The van der Waals surface area contributed by atoms with Gasteiger partial charge in [0, 0.05) is 35.4 Å². The van der Waals surface area contributed by atoms with E-state index in [1.54, 1.807) is 12.1 Å². The SMILES string of the molecule is O=C1C[C@@H](c2ccc(O)cc2)Oc2c1c(O)cc(O)c2-c1cc(-c2cc(=O)c3c(O)cc(O)cc3o2)ccc1O. The molecule has 5 aromatic rings. The van der Waals surface area contributed by atoms with E-state index < -0.39 is 34.6 Å². The average molecular weight is 540 g/mol. The summed E-state index contributed by atoms with van der Waals surface area (Å²) in [4.78, 5) is 25.9. The van der Waals surface area contributed by atoms with Crippen LogP contribution in [0.5, 0.6) is 40.2 Å². The number of rotatable bonds is 3. The van der Waals surface area contributed by atoms with Crippen LogP contribution >= 0.6 is 0 Å². The Labute approximate surface area is 224 Å². The molecule has 4 aromatic carbocycles. The van der Waals surface area contributed by atoms with Gasteiger partial charge in [0.15, 0.2) is 11.2 Å². The second-order valence-corrected chi connectivity index (χ2v) is 9.36. The van der Waals surface area contributed by atoms with Crippen LogP contribution in [0, 0.1) is 0 Å². The number of aromatic hydroxyl groups is 6. The number of phenolic OH excluding ortho intramolecular Hbond substituents is 6. The van der Waals surface area contributed by atoms with Gasteiger partial charge < -0.3 is 39.8 Å². The first-order valence-electron chi connectivity index (χ1n) is 12.0. The highest BCUT2D eigenvalue weighted by molar-refractivity contribution is 6.06. The Bertz CT molecular complexity index is 1900. The molecule has 6 N–H and O–H groups in total. The van der Waals surface area contributed by atoms with Gasteiger partial charge in [0.2, 0.25) is 0 Å². The number of Topliss-reactive ketones (excluding diaryl/α,β-unsaturated/α-hetero) is 1. The maximum atomic E-state index is 13.1. The van der Waals surface area contributed by atoms with Crippen LogP contribution in [-0.4, -0.2) is 36.4 Å². The quantitative estimate of drug-likeness (QED) is 0.181. The van der Waals surface area contributed by atoms with Crippen molar-refractivity contribution in [2.45, 2.75) is 12.5 Å². The number of phenols is 6. The number of carbonyl (C=O) groups is 1. The highest BCUT2D eigenvalue weighted by atomic mass is 16.5. The van der Waals surface area contributed by atoms with Gasteiger partial charge in [-0.2, -0.15) is 0 Å². The highest BCUT2D eigenvalue weighted by Gasteiger charge is 2.35. The van der Waals surface area contributed by atoms with E-state index >= 15 is 0 Å². The van der Waals surface area contributed by atoms with Gasteiger partial charge in [0.25, 0.3) is 0 Å². The van der Waals surface area contributed by atoms with Gasteiger partial charge in [-0.3, -0.25) is 9.59 Å². The minimum Gasteiger partial charge on any atom is -0.508 e. The van der Waals surface area contributed by atoms with Crippen molar-refractivity contribution in [2.24, 2.45) is 0 Å². The molecule has 0 fully saturated rings. The van der Waals surface area contributed by atoms with Gasteiger partial charge in [-0.15, -0.1) is 0 Å². The Kier molecular flexibility index (Phi) is 5.54. The predicted octanol–water partition coefficient (Wildman–Crippen LogP) is 5.07. The van der Waals surface area contributed by atoms with Crippen molar-refractivity contribution >= 4 is 16.8 Å². The lowest BCUT2D eigenvalue weighted by Gasteiger charge is -2.28. The number of ether oxygens (including phenoxy) is 1. The highest BCUT2D eigenvalue weighted by Crippen LogP contribution is 2.52. The van der Waals surface area contributed by atoms with Crippen LogP contribution in [0.3, 0.4) is 0 Å². The lowest BCUT2D eigenvalue weighted by atomic mass is 9.90. The molecule has 1 atom stereocenters. The monoisotopic (exact) mass is 540 g/mol. The molecule has 0 unspecified atom stereocenters. The number of hydrogen-bond acceptors (Lipinski definition) is 10. The second-order valence-electron chi connectivity index (χ2n) is 9.36. The van der Waals surface area contributed by atoms with Gasteiger partial charge in [-0.05, 0) is 35.9 Å². The number of ketones is 1. The Hall–Kier alpha value is -5.64. The summed E-state index contributed by atoms with van der Waals surface area (Å²) >= 11 is 0. The molecule has 1 aliphatic rings. The van der Waals surface area contributed by atoms with E-state index in [4.69, 9.17) is 9.15 Å². The van der Waals surface area contributed by atoms with Crippen molar-refractivity contribution in [3.63, 3.8) is 0 Å². The molecule has 1 aromatic heterocycles. The van der Waals surface area contributed by atoms with Crippen LogP contribution in [0.25, 0.3) is 33.4 Å². The van der Waals surface area contributed by atoms with E-state index in [-0.39, 0.29) is 68.4 Å². The van der Waals surface area contributed by atoms with Crippen molar-refractivity contribution in [1.29, 1.82) is 0 Å². The fourth-order valence-electron chi connectivity index (χ4n) is 4.89. The minimum atomic E-state index is -0.815. The molecule has 10 heteroatoms. The minimum absolute atomic E-state index is 0.00640. The standard InChI is InChI=1S/C30H20O10/c31-15-4-1-13(2-5-15)24-12-23(38)29-21(36)10-20(35)27(30(29)40-24)17-7-14(3-6-18(17)33)25-11-22(37)28-19(34)8-16(32)9-26(28)39-25/h1-11,24,31-36H,12H2/t24-/m0/s1. The fourth-order valence-corrected chi connectivity index (χ4v) is 4.89. The number of fused-ring (bicyclic) bond motifs is 2. The lowest BCUT2D eigenvalue weighted by Crippen LogP contribution is -2.21. The summed E-state index contributed by atoms with van der Waals surface area (Å²) in [6.45, 7) is 0. The summed E-state index contributed by atoms with van der Waals surface area (Å²) in [7, 11) is 0. The Balaban J connectivity index is 1.53. The molecule has 40 heavy (non-hydrogen) atoms. The first-order valence-corrected chi connectivity index (χ1v) is 12.0. The predicted molar refractivity (Wildman–Crippen MR) is 142 cm³/mol. The smallest absolute Gasteiger partial charge is 0.197 e. The van der Waals surface area contributed by atoms with Crippen molar-refractivity contribution in [3.05, 3.63) is 88.1 Å². The molecule has 0 radical (unpaired) electrons. The number of carbonyl (C=O) groups excluding carboxylic acids is 1. The van der Waals surface area contributed by atoms with Gasteiger partial charge >= 0.3 is 0 Å². The van der Waals surface area contributed by atoms with Crippen molar-refractivity contribution in [1.82, 2.24) is 0 Å². The third-order valence-electron chi connectivity index (χ3n) is 6.76. The normalized spacial score (nSPS) is 14.6. The van der Waals surface area contributed by atoms with Crippen molar-refractivity contribution in [2.75, 3.05) is 0 Å². The first kappa shape index (κ1) is 24.7. The summed E-state index contributed by atoms with van der Waals surface area (Å²) < 4.78 is 11.9. The molecule has 0 amide bonds. The van der Waals surface area contributed by atoms with Crippen LogP contribution in [-0.2, 0) is 0 Å². The van der Waals surface area contributed by atoms with Gasteiger partial charge in [-0.1, -0.05) is 12.1 Å². The molecule has 1 aliphatic heterocycles. The van der Waals surface area contributed by atoms with E-state index in [9.17, 15) is 40.2 Å². The summed E-state index contributed by atoms with van der Waals surface area (Å²) in [6.07, 6.45) is -0.937. The molecule has 200 valence electrons. The van der Waals surface area contributed by atoms with Crippen LogP contribution in [0.4, 0.5) is 0 Å². The zero-order valence-electron chi connectivity index (χ0n) is 20.5. The number of hydrogen-bond donors (Lipinski definition) is 6. The van der Waals surface area contributed by atoms with Gasteiger partial charge in [0.05, 0.1) is 12.0 Å². The van der Waals surface area contributed by atoms with Crippen molar-refractivity contribution in [3.8, 4) is 62.7 Å². The molecule has 0 bridgehead atoms. The third kappa shape index (κ3) is 3.99. The molecule has 2 heterocycles. The second kappa shape index (κ2) is 8.98. The summed E-state index contributed by atoms with van der Waals surface area (Å²) in [6, 6.07) is 14.5. The van der Waals surface area contributed by atoms with Crippen LogP contribution in [0.15, 0.2) is 75.9 Å². The summed E-state index contributed by atoms with van der Waals surface area (Å²) in [5, 5.41) is 61.6. The molecular weight excluding hydrogens is 520 g/mol. The molecule has 6 rings (SSSR count). The maximum absolute atomic E-state index is 13.1. The molecule has 0 saturated carbocycles. The van der Waals surface area contributed by atoms with Gasteiger partial charge in [0.1, 0.15) is 68.6 Å². The summed E-state index contributed by atoms with van der Waals surface area (Å²) in [5.74, 6) is -2.64. The maximum Gasteiger partial charge on any atom is 0.197 e. The molecule has 0 saturated heterocycles. The Morgan fingerprint density at radius 1 is 0.675 bits per heavy atom. The Morgan fingerprint density at radius 3 is 2.15 bits per heavy atom. The molecular formula is C30H20O10. The largest absolute Gasteiger partial charge is 0.508 e. The van der Waals surface area contributed by atoms with E-state index in [1.807, 2.05) is 0 Å². The van der Waals surface area contributed by atoms with Crippen molar-refractivity contribution < 1.29 is 44.6 Å². The average Bonchev–Trinajstić information content (AvgIpc) is 2.89. The third-order valence-corrected chi connectivity index (χ3v) is 6.76. The zero-order valence-corrected chi connectivity index (χ0v) is 20.5. The van der Waals surface area contributed by atoms with E-state index in [0.29, 0.717) is 5.56 Å². The van der Waals surface area contributed by atoms with E-state index in [2.05, 4.69) is 0 Å². The van der Waals surface area contributed by atoms with Crippen LogP contribution in [0.1, 0.15) is 28.4 Å². The molecule has 0 aliphatic carbocycles. The van der Waals surface area contributed by atoms with E-state index in [0.717, 1.165) is 18.2 Å². The Morgan fingerprint density at radius 2 is 1.40 bits per heavy atom. The summed E-state index contributed by atoms with van der Waals surface area (Å²) in [5.41, 5.74) is -0.0738. The van der Waals surface area contributed by atoms with Crippen LogP contribution in [0.2, 0.25) is 0 Å². The first-order chi connectivity index (χ1) is 19.1. The van der Waals surface area contributed by atoms with E-state index in [1.165, 1.54) is 36.4 Å². The number of benzene rings is 4.